The second-order valence-corrected chi connectivity index (χ2v) is 5.75. The maximum atomic E-state index is 12.3. The average molecular weight is 305 g/mol. The van der Waals surface area contributed by atoms with Crippen molar-refractivity contribution in [2.45, 2.75) is 20.8 Å². The summed E-state index contributed by atoms with van der Waals surface area (Å²) in [5, 5.41) is 0. The van der Waals surface area contributed by atoms with Crippen LogP contribution in [0.15, 0.2) is 18.3 Å². The number of hydrogen-bond acceptors (Lipinski definition) is 5. The molecule has 6 heteroatoms. The van der Waals surface area contributed by atoms with Gasteiger partial charge in [-0.3, -0.25) is 4.79 Å². The van der Waals surface area contributed by atoms with E-state index in [1.54, 1.807) is 25.3 Å². The van der Waals surface area contributed by atoms with Gasteiger partial charge in [-0.15, -0.1) is 0 Å². The van der Waals surface area contributed by atoms with Gasteiger partial charge in [0.25, 0.3) is 0 Å². The van der Waals surface area contributed by atoms with Crippen LogP contribution in [0.25, 0.3) is 0 Å². The molecule has 2 rings (SSSR count). The van der Waals surface area contributed by atoms with Crippen molar-refractivity contribution in [2.24, 2.45) is 5.92 Å². The maximum Gasteiger partial charge on any atom is 0.341 e. The predicted octanol–water partition coefficient (Wildman–Crippen LogP) is 1.56. The third kappa shape index (κ3) is 3.75. The minimum absolute atomic E-state index is 0.0698. The predicted molar refractivity (Wildman–Crippen MR) is 83.8 cm³/mol. The molecule has 0 atom stereocenters. The van der Waals surface area contributed by atoms with Gasteiger partial charge in [-0.2, -0.15) is 0 Å². The van der Waals surface area contributed by atoms with Crippen LogP contribution < -0.4 is 4.90 Å². The molecule has 1 aromatic heterocycles. The Labute approximate surface area is 131 Å². The second-order valence-electron chi connectivity index (χ2n) is 5.75. The lowest BCUT2D eigenvalue weighted by Gasteiger charge is -2.36. The molecule has 22 heavy (non-hydrogen) atoms. The molecule has 1 aliphatic rings. The summed E-state index contributed by atoms with van der Waals surface area (Å²) in [4.78, 5) is 32.3. The summed E-state index contributed by atoms with van der Waals surface area (Å²) in [6.07, 6.45) is 1.63. The zero-order valence-electron chi connectivity index (χ0n) is 13.4. The van der Waals surface area contributed by atoms with Crippen molar-refractivity contribution < 1.29 is 14.3 Å². The first-order valence-corrected chi connectivity index (χ1v) is 7.67. The van der Waals surface area contributed by atoms with Crippen LogP contribution >= 0.6 is 0 Å². The Morgan fingerprint density at radius 1 is 1.41 bits per heavy atom. The van der Waals surface area contributed by atoms with Crippen molar-refractivity contribution in [3.8, 4) is 0 Å². The molecule has 1 fully saturated rings. The number of piperazine rings is 1. The van der Waals surface area contributed by atoms with Crippen LogP contribution in [0, 0.1) is 5.92 Å². The summed E-state index contributed by atoms with van der Waals surface area (Å²) in [5.41, 5.74) is 0.412. The summed E-state index contributed by atoms with van der Waals surface area (Å²) in [7, 11) is 0. The molecule has 0 bridgehead atoms. The van der Waals surface area contributed by atoms with Crippen molar-refractivity contribution in [3.05, 3.63) is 23.9 Å². The molecule has 1 aliphatic heterocycles. The van der Waals surface area contributed by atoms with E-state index in [9.17, 15) is 9.59 Å². The van der Waals surface area contributed by atoms with Gasteiger partial charge in [-0.1, -0.05) is 13.8 Å². The molecular formula is C16H23N3O3. The summed E-state index contributed by atoms with van der Waals surface area (Å²) in [6.45, 7) is 8.60. The highest BCUT2D eigenvalue weighted by Crippen LogP contribution is 2.20. The number of hydrogen-bond donors (Lipinski definition) is 0. The van der Waals surface area contributed by atoms with Crippen molar-refractivity contribution >= 4 is 17.7 Å². The Hall–Kier alpha value is -2.11. The number of nitrogens with zero attached hydrogens (tertiary/aromatic N) is 3. The van der Waals surface area contributed by atoms with Crippen LogP contribution in [-0.2, 0) is 9.53 Å². The van der Waals surface area contributed by atoms with Gasteiger partial charge in [0.1, 0.15) is 11.4 Å². The van der Waals surface area contributed by atoms with E-state index in [0.29, 0.717) is 37.0 Å². The highest BCUT2D eigenvalue weighted by Gasteiger charge is 2.27. The monoisotopic (exact) mass is 305 g/mol. The van der Waals surface area contributed by atoms with E-state index in [4.69, 9.17) is 4.74 Å². The van der Waals surface area contributed by atoms with Crippen molar-refractivity contribution in [3.63, 3.8) is 0 Å². The van der Waals surface area contributed by atoms with E-state index in [1.807, 2.05) is 9.80 Å². The summed E-state index contributed by atoms with van der Waals surface area (Å²) >= 11 is 0. The Morgan fingerprint density at radius 2 is 2.18 bits per heavy atom. The van der Waals surface area contributed by atoms with Gasteiger partial charge in [0.05, 0.1) is 13.2 Å². The van der Waals surface area contributed by atoms with Crippen molar-refractivity contribution in [2.75, 3.05) is 37.7 Å². The second kappa shape index (κ2) is 7.24. The van der Waals surface area contributed by atoms with E-state index in [0.717, 1.165) is 6.54 Å². The molecule has 2 heterocycles. The Kier molecular flexibility index (Phi) is 5.35. The SMILES string of the molecule is CCOC(=O)c1cccnc1N1CCN(CC(C)C)C(=O)C1. The first-order chi connectivity index (χ1) is 10.5. The zero-order chi connectivity index (χ0) is 16.1. The number of rotatable bonds is 5. The maximum absolute atomic E-state index is 12.3. The number of ether oxygens (including phenoxy) is 1. The molecule has 1 aromatic rings. The fraction of sp³-hybridized carbons (Fsp3) is 0.562. The van der Waals surface area contributed by atoms with Crippen molar-refractivity contribution in [1.29, 1.82) is 0 Å². The Bertz CT molecular complexity index is 545. The molecule has 0 unspecified atom stereocenters. The lowest BCUT2D eigenvalue weighted by atomic mass is 10.1. The van der Waals surface area contributed by atoms with Gasteiger partial charge in [0, 0.05) is 25.8 Å². The molecular weight excluding hydrogens is 282 g/mol. The molecule has 1 saturated heterocycles. The minimum Gasteiger partial charge on any atom is -0.462 e. The highest BCUT2D eigenvalue weighted by molar-refractivity contribution is 5.95. The summed E-state index contributed by atoms with van der Waals surface area (Å²) < 4.78 is 5.06. The first kappa shape index (κ1) is 16.3. The number of anilines is 1. The van der Waals surface area contributed by atoms with Crippen LogP contribution in [-0.4, -0.2) is 54.5 Å². The van der Waals surface area contributed by atoms with E-state index < -0.39 is 5.97 Å². The lowest BCUT2D eigenvalue weighted by molar-refractivity contribution is -0.131. The molecule has 0 aromatic carbocycles. The van der Waals surface area contributed by atoms with Gasteiger partial charge in [0.2, 0.25) is 5.91 Å². The van der Waals surface area contributed by atoms with Crippen LogP contribution in [0.3, 0.4) is 0 Å². The average Bonchev–Trinajstić information content (AvgIpc) is 2.49. The van der Waals surface area contributed by atoms with Gasteiger partial charge in [0.15, 0.2) is 0 Å². The third-order valence-electron chi connectivity index (χ3n) is 3.49. The molecule has 0 radical (unpaired) electrons. The fourth-order valence-electron chi connectivity index (χ4n) is 2.54. The number of amides is 1. The number of aromatic nitrogens is 1. The lowest BCUT2D eigenvalue weighted by Crippen LogP contribution is -2.51. The standard InChI is InChI=1S/C16H23N3O3/c1-4-22-16(21)13-6-5-7-17-15(13)19-9-8-18(10-12(2)3)14(20)11-19/h5-7,12H,4,8-11H2,1-3H3. The molecule has 0 saturated carbocycles. The zero-order valence-corrected chi connectivity index (χ0v) is 13.4. The van der Waals surface area contributed by atoms with Gasteiger partial charge < -0.3 is 14.5 Å². The quantitative estimate of drug-likeness (QED) is 0.773. The van der Waals surface area contributed by atoms with Crippen LogP contribution in [0.5, 0.6) is 0 Å². The highest BCUT2D eigenvalue weighted by atomic mass is 16.5. The molecule has 1 amide bonds. The molecule has 0 N–H and O–H groups in total. The molecule has 6 nitrogen and oxygen atoms in total. The van der Waals surface area contributed by atoms with E-state index in [2.05, 4.69) is 18.8 Å². The molecule has 0 spiro atoms. The smallest absolute Gasteiger partial charge is 0.341 e. The first-order valence-electron chi connectivity index (χ1n) is 7.67. The Morgan fingerprint density at radius 3 is 2.82 bits per heavy atom. The topological polar surface area (TPSA) is 62.7 Å². The third-order valence-corrected chi connectivity index (χ3v) is 3.49. The van der Waals surface area contributed by atoms with Crippen LogP contribution in [0.1, 0.15) is 31.1 Å². The van der Waals surface area contributed by atoms with Crippen LogP contribution in [0.2, 0.25) is 0 Å². The van der Waals surface area contributed by atoms with Gasteiger partial charge >= 0.3 is 5.97 Å². The van der Waals surface area contributed by atoms with E-state index in [1.165, 1.54) is 0 Å². The molecule has 0 aliphatic carbocycles. The Balaban J connectivity index is 2.14. The minimum atomic E-state index is -0.400. The summed E-state index contributed by atoms with van der Waals surface area (Å²) in [6, 6.07) is 3.39. The number of carbonyl (C=O) groups is 2. The van der Waals surface area contributed by atoms with Crippen molar-refractivity contribution in [1.82, 2.24) is 9.88 Å². The van der Waals surface area contributed by atoms with Crippen LogP contribution in [0.4, 0.5) is 5.82 Å². The largest absolute Gasteiger partial charge is 0.462 e. The number of carbonyl (C=O) groups excluding carboxylic acids is 2. The fourth-order valence-corrected chi connectivity index (χ4v) is 2.54. The van der Waals surface area contributed by atoms with Gasteiger partial charge in [-0.05, 0) is 25.0 Å². The number of pyridine rings is 1. The van der Waals surface area contributed by atoms with Gasteiger partial charge in [-0.25, -0.2) is 9.78 Å². The normalized spacial score (nSPS) is 15.4. The van der Waals surface area contributed by atoms with E-state index in [-0.39, 0.29) is 12.5 Å². The number of esters is 1. The molecule has 120 valence electrons. The van der Waals surface area contributed by atoms with E-state index >= 15 is 0 Å². The summed E-state index contributed by atoms with van der Waals surface area (Å²) in [5.74, 6) is 0.641.